The van der Waals surface area contributed by atoms with E-state index < -0.39 is 11.7 Å². The van der Waals surface area contributed by atoms with Gasteiger partial charge in [-0.05, 0) is 43.4 Å². The van der Waals surface area contributed by atoms with Crippen LogP contribution in [0, 0.1) is 18.8 Å². The maximum Gasteiger partial charge on any atom is 0.416 e. The van der Waals surface area contributed by atoms with Gasteiger partial charge in [-0.3, -0.25) is 4.90 Å². The Morgan fingerprint density at radius 3 is 2.44 bits per heavy atom. The van der Waals surface area contributed by atoms with E-state index in [9.17, 15) is 23.4 Å². The Hall–Kier alpha value is -1.90. The first-order valence-corrected chi connectivity index (χ1v) is 8.88. The van der Waals surface area contributed by atoms with Crippen molar-refractivity contribution in [3.8, 4) is 11.5 Å². The highest BCUT2D eigenvalue weighted by Crippen LogP contribution is 2.32. The third-order valence-corrected chi connectivity index (χ3v) is 4.92. The molecule has 8 heteroatoms. The van der Waals surface area contributed by atoms with Gasteiger partial charge >= 0.3 is 6.18 Å². The van der Waals surface area contributed by atoms with Crippen LogP contribution in [0.1, 0.15) is 23.4 Å². The topological polar surface area (TPSA) is 69.7 Å². The summed E-state index contributed by atoms with van der Waals surface area (Å²) >= 11 is 0. The summed E-state index contributed by atoms with van der Waals surface area (Å²) in [5.74, 6) is 0.884. The number of likely N-dealkylation sites (tertiary alicyclic amines) is 1. The van der Waals surface area contributed by atoms with E-state index >= 15 is 0 Å². The number of hydrogen-bond donors (Lipinski definition) is 2. The van der Waals surface area contributed by atoms with Crippen LogP contribution in [0.4, 0.5) is 13.2 Å². The third kappa shape index (κ3) is 4.69. The number of oxazole rings is 1. The highest BCUT2D eigenvalue weighted by molar-refractivity contribution is 5.55. The molecule has 0 aliphatic carbocycles. The molecule has 5 nitrogen and oxygen atoms in total. The number of benzene rings is 1. The molecule has 1 aromatic heterocycles. The van der Waals surface area contributed by atoms with E-state index in [1.165, 1.54) is 12.1 Å². The number of aryl methyl sites for hydroxylation is 1. The van der Waals surface area contributed by atoms with Gasteiger partial charge in [0.05, 0.1) is 11.3 Å². The first kappa shape index (κ1) is 19.9. The molecule has 2 atom stereocenters. The molecule has 1 fully saturated rings. The summed E-state index contributed by atoms with van der Waals surface area (Å²) in [5.41, 5.74) is 0.182. The first-order chi connectivity index (χ1) is 12.8. The Balaban J connectivity index is 1.79. The average Bonchev–Trinajstić information content (AvgIpc) is 3.01. The molecule has 2 aromatic rings. The third-order valence-electron chi connectivity index (χ3n) is 4.92. The zero-order chi connectivity index (χ0) is 19.6. The van der Waals surface area contributed by atoms with Crippen molar-refractivity contribution in [1.82, 2.24) is 9.88 Å². The van der Waals surface area contributed by atoms with Crippen LogP contribution >= 0.6 is 0 Å². The number of aliphatic hydroxyl groups is 2. The lowest BCUT2D eigenvalue weighted by Crippen LogP contribution is -2.42. The highest BCUT2D eigenvalue weighted by Gasteiger charge is 2.31. The Morgan fingerprint density at radius 1 is 1.19 bits per heavy atom. The molecule has 1 aromatic carbocycles. The van der Waals surface area contributed by atoms with Crippen LogP contribution in [0.2, 0.25) is 0 Å². The number of piperidine rings is 1. The van der Waals surface area contributed by atoms with Gasteiger partial charge in [0.2, 0.25) is 5.89 Å². The van der Waals surface area contributed by atoms with E-state index in [2.05, 4.69) is 9.88 Å². The molecule has 148 valence electrons. The van der Waals surface area contributed by atoms with Crippen molar-refractivity contribution in [2.75, 3.05) is 26.3 Å². The number of halogens is 3. The van der Waals surface area contributed by atoms with Gasteiger partial charge in [-0.15, -0.1) is 0 Å². The van der Waals surface area contributed by atoms with E-state index in [0.29, 0.717) is 31.1 Å². The van der Waals surface area contributed by atoms with Crippen LogP contribution in [-0.4, -0.2) is 46.4 Å². The summed E-state index contributed by atoms with van der Waals surface area (Å²) in [6.07, 6.45) is -3.65. The number of hydrogen-bond acceptors (Lipinski definition) is 5. The molecule has 2 heterocycles. The number of rotatable bonds is 5. The van der Waals surface area contributed by atoms with Gasteiger partial charge in [0.25, 0.3) is 0 Å². The summed E-state index contributed by atoms with van der Waals surface area (Å²) in [6.45, 7) is 3.66. The minimum Gasteiger partial charge on any atom is -0.441 e. The Kier molecular flexibility index (Phi) is 5.88. The Labute approximate surface area is 155 Å². The van der Waals surface area contributed by atoms with Gasteiger partial charge < -0.3 is 14.6 Å². The molecule has 0 amide bonds. The van der Waals surface area contributed by atoms with E-state index in [0.717, 1.165) is 18.6 Å². The van der Waals surface area contributed by atoms with E-state index in [4.69, 9.17) is 4.42 Å². The normalized spacial score (nSPS) is 21.6. The minimum atomic E-state index is -4.42. The summed E-state index contributed by atoms with van der Waals surface area (Å²) < 4.78 is 44.4. The van der Waals surface area contributed by atoms with Gasteiger partial charge in [-0.2, -0.15) is 13.2 Å². The second-order valence-corrected chi connectivity index (χ2v) is 7.13. The van der Waals surface area contributed by atoms with Crippen LogP contribution in [0.5, 0.6) is 0 Å². The monoisotopic (exact) mass is 384 g/mol. The lowest BCUT2D eigenvalue weighted by molar-refractivity contribution is -0.137. The van der Waals surface area contributed by atoms with Crippen LogP contribution in [0.15, 0.2) is 28.7 Å². The fraction of sp³-hybridized carbons (Fsp3) is 0.526. The highest BCUT2D eigenvalue weighted by atomic mass is 19.4. The first-order valence-electron chi connectivity index (χ1n) is 8.88. The predicted octanol–water partition coefficient (Wildman–Crippen LogP) is 3.09. The SMILES string of the molecule is Cc1oc(-c2cccc(C(F)(F)F)c2)nc1CN1C[C@H](CO)C[C@H](CO)C1. The van der Waals surface area contributed by atoms with Crippen LogP contribution < -0.4 is 0 Å². The van der Waals surface area contributed by atoms with Crippen molar-refractivity contribution >= 4 is 0 Å². The lowest BCUT2D eigenvalue weighted by atomic mass is 9.90. The summed E-state index contributed by atoms with van der Waals surface area (Å²) in [7, 11) is 0. The van der Waals surface area contributed by atoms with Crippen molar-refractivity contribution < 1.29 is 27.8 Å². The van der Waals surface area contributed by atoms with E-state index in [-0.39, 0.29) is 36.5 Å². The Bertz CT molecular complexity index is 764. The fourth-order valence-electron chi connectivity index (χ4n) is 3.56. The molecular weight excluding hydrogens is 361 g/mol. The largest absolute Gasteiger partial charge is 0.441 e. The van der Waals surface area contributed by atoms with E-state index in [1.807, 2.05) is 0 Å². The maximum atomic E-state index is 12.9. The molecule has 3 rings (SSSR count). The number of aromatic nitrogens is 1. The van der Waals surface area contributed by atoms with Crippen LogP contribution in [-0.2, 0) is 12.7 Å². The van der Waals surface area contributed by atoms with Gasteiger partial charge in [-0.1, -0.05) is 6.07 Å². The van der Waals surface area contributed by atoms with E-state index in [1.54, 1.807) is 6.92 Å². The maximum absolute atomic E-state index is 12.9. The summed E-state index contributed by atoms with van der Waals surface area (Å²) in [6, 6.07) is 4.91. The van der Waals surface area contributed by atoms with Gasteiger partial charge in [-0.25, -0.2) is 4.98 Å². The average molecular weight is 384 g/mol. The molecular formula is C19H23F3N2O3. The zero-order valence-corrected chi connectivity index (χ0v) is 15.0. The Morgan fingerprint density at radius 2 is 1.85 bits per heavy atom. The van der Waals surface area contributed by atoms with Crippen molar-refractivity contribution in [1.29, 1.82) is 0 Å². The molecule has 1 aliphatic rings. The van der Waals surface area contributed by atoms with Crippen LogP contribution in [0.3, 0.4) is 0 Å². The number of nitrogens with zero attached hydrogens (tertiary/aromatic N) is 2. The minimum absolute atomic E-state index is 0.0558. The molecule has 0 saturated carbocycles. The van der Waals surface area contributed by atoms with Crippen molar-refractivity contribution in [3.05, 3.63) is 41.3 Å². The molecule has 0 radical (unpaired) electrons. The summed E-state index contributed by atoms with van der Waals surface area (Å²) in [4.78, 5) is 6.49. The smallest absolute Gasteiger partial charge is 0.416 e. The molecule has 0 unspecified atom stereocenters. The number of alkyl halides is 3. The quantitative estimate of drug-likeness (QED) is 0.829. The van der Waals surface area contributed by atoms with Gasteiger partial charge in [0.15, 0.2) is 0 Å². The zero-order valence-electron chi connectivity index (χ0n) is 15.0. The molecule has 27 heavy (non-hydrogen) atoms. The van der Waals surface area contributed by atoms with Crippen molar-refractivity contribution in [2.24, 2.45) is 11.8 Å². The van der Waals surface area contributed by atoms with Gasteiger partial charge in [0, 0.05) is 38.4 Å². The van der Waals surface area contributed by atoms with Crippen molar-refractivity contribution in [2.45, 2.75) is 26.1 Å². The molecule has 1 aliphatic heterocycles. The molecule has 0 bridgehead atoms. The standard InChI is InChI=1S/C19H23F3N2O3/c1-12-17(9-24-7-13(10-25)5-14(8-24)11-26)23-18(27-12)15-3-2-4-16(6-15)19(20,21)22/h2-4,6,13-14,25-26H,5,7-11H2,1H3/t13-,14+. The van der Waals surface area contributed by atoms with Crippen molar-refractivity contribution in [3.63, 3.8) is 0 Å². The second kappa shape index (κ2) is 8.00. The predicted molar refractivity (Wildman–Crippen MR) is 92.7 cm³/mol. The number of aliphatic hydroxyl groups excluding tert-OH is 2. The second-order valence-electron chi connectivity index (χ2n) is 7.13. The summed E-state index contributed by atoms with van der Waals surface area (Å²) in [5, 5.41) is 18.9. The van der Waals surface area contributed by atoms with Crippen LogP contribution in [0.25, 0.3) is 11.5 Å². The molecule has 2 N–H and O–H groups in total. The lowest BCUT2D eigenvalue weighted by Gasteiger charge is -2.36. The fourth-order valence-corrected chi connectivity index (χ4v) is 3.56. The molecule has 1 saturated heterocycles. The molecule has 0 spiro atoms. The van der Waals surface area contributed by atoms with Gasteiger partial charge in [0.1, 0.15) is 5.76 Å².